The van der Waals surface area contributed by atoms with Crippen LogP contribution in [-0.2, 0) is 22.6 Å². The minimum absolute atomic E-state index is 0.183. The van der Waals surface area contributed by atoms with Gasteiger partial charge in [-0.15, -0.1) is 0 Å². The zero-order chi connectivity index (χ0) is 22.9. The number of rotatable bonds is 9. The van der Waals surface area contributed by atoms with Gasteiger partial charge in [0.1, 0.15) is 11.8 Å². The van der Waals surface area contributed by atoms with Crippen LogP contribution in [-0.4, -0.2) is 36.4 Å². The molecule has 0 aromatic heterocycles. The lowest BCUT2D eigenvalue weighted by atomic mass is 10.0. The molecule has 0 fully saturated rings. The van der Waals surface area contributed by atoms with E-state index in [-0.39, 0.29) is 25.0 Å². The normalized spacial score (nSPS) is 11.5. The summed E-state index contributed by atoms with van der Waals surface area (Å²) in [6.07, 6.45) is 0.387. The second kappa shape index (κ2) is 11.7. The second-order valence-corrected chi connectivity index (χ2v) is 8.56. The highest BCUT2D eigenvalue weighted by Gasteiger charge is 2.30. The Balaban J connectivity index is 1.85. The molecule has 7 heteroatoms. The lowest BCUT2D eigenvalue weighted by Gasteiger charge is -2.31. The van der Waals surface area contributed by atoms with Crippen LogP contribution in [0.2, 0.25) is 5.02 Å². The van der Waals surface area contributed by atoms with Crippen molar-refractivity contribution in [1.29, 1.82) is 0 Å². The van der Waals surface area contributed by atoms with Crippen molar-refractivity contribution in [2.24, 2.45) is 0 Å². The number of carbonyl (C=O) groups excluding carboxylic acids is 2. The van der Waals surface area contributed by atoms with E-state index in [1.165, 1.54) is 0 Å². The average molecular weight is 516 g/mol. The number of carbonyl (C=O) groups is 2. The molecule has 1 N–H and O–H groups in total. The highest BCUT2D eigenvalue weighted by atomic mass is 79.9. The number of nitrogens with one attached hydrogen (secondary N) is 1. The van der Waals surface area contributed by atoms with E-state index in [0.717, 1.165) is 15.6 Å². The summed E-state index contributed by atoms with van der Waals surface area (Å²) < 4.78 is 6.63. The summed E-state index contributed by atoms with van der Waals surface area (Å²) in [6.45, 7) is 0.0716. The summed E-state index contributed by atoms with van der Waals surface area (Å²) in [6, 6.07) is 23.4. The lowest BCUT2D eigenvalue weighted by molar-refractivity contribution is -0.142. The van der Waals surface area contributed by atoms with Crippen LogP contribution >= 0.6 is 27.5 Å². The number of ether oxygens (including phenoxy) is 1. The number of amides is 2. The molecule has 1 atom stereocenters. The average Bonchev–Trinajstić information content (AvgIpc) is 2.82. The van der Waals surface area contributed by atoms with Crippen molar-refractivity contribution in [3.63, 3.8) is 0 Å². The van der Waals surface area contributed by atoms with Gasteiger partial charge in [-0.05, 0) is 47.5 Å². The van der Waals surface area contributed by atoms with Gasteiger partial charge in [0.05, 0.1) is 0 Å². The summed E-state index contributed by atoms with van der Waals surface area (Å²) in [4.78, 5) is 27.7. The molecular formula is C25H24BrClN2O3. The molecule has 0 bridgehead atoms. The first-order valence-corrected chi connectivity index (χ1v) is 11.3. The van der Waals surface area contributed by atoms with Crippen LogP contribution in [0.1, 0.15) is 11.1 Å². The van der Waals surface area contributed by atoms with Crippen molar-refractivity contribution in [3.8, 4) is 5.75 Å². The lowest BCUT2D eigenvalue weighted by Crippen LogP contribution is -2.51. The first-order chi connectivity index (χ1) is 15.5. The van der Waals surface area contributed by atoms with Gasteiger partial charge in [-0.3, -0.25) is 9.59 Å². The van der Waals surface area contributed by atoms with Gasteiger partial charge in [0.15, 0.2) is 6.61 Å². The Bertz CT molecular complexity index is 1030. The third-order valence-electron chi connectivity index (χ3n) is 4.96. The van der Waals surface area contributed by atoms with E-state index in [1.807, 2.05) is 54.6 Å². The molecule has 32 heavy (non-hydrogen) atoms. The predicted octanol–water partition coefficient (Wildman–Crippen LogP) is 4.87. The highest BCUT2D eigenvalue weighted by molar-refractivity contribution is 9.10. The Morgan fingerprint density at radius 1 is 0.969 bits per heavy atom. The summed E-state index contributed by atoms with van der Waals surface area (Å²) in [5, 5.41) is 3.30. The van der Waals surface area contributed by atoms with E-state index in [1.54, 1.807) is 36.2 Å². The minimum atomic E-state index is -0.695. The van der Waals surface area contributed by atoms with Gasteiger partial charge in [-0.1, -0.05) is 70.0 Å². The Morgan fingerprint density at radius 3 is 2.25 bits per heavy atom. The van der Waals surface area contributed by atoms with E-state index >= 15 is 0 Å². The Morgan fingerprint density at radius 2 is 1.62 bits per heavy atom. The molecule has 0 aliphatic carbocycles. The molecule has 1 unspecified atom stereocenters. The molecule has 3 aromatic rings. The molecule has 0 saturated carbocycles. The second-order valence-electron chi connectivity index (χ2n) is 7.21. The summed E-state index contributed by atoms with van der Waals surface area (Å²) in [7, 11) is 1.57. The van der Waals surface area contributed by atoms with Crippen LogP contribution in [0.3, 0.4) is 0 Å². The van der Waals surface area contributed by atoms with Gasteiger partial charge in [0.25, 0.3) is 5.91 Å². The predicted molar refractivity (Wildman–Crippen MR) is 130 cm³/mol. The van der Waals surface area contributed by atoms with Gasteiger partial charge in [-0.25, -0.2) is 0 Å². The van der Waals surface area contributed by atoms with E-state index in [4.69, 9.17) is 16.3 Å². The van der Waals surface area contributed by atoms with E-state index in [0.29, 0.717) is 17.2 Å². The SMILES string of the molecule is CNC(=O)C(Cc1ccccc1)N(Cc1ccc(Cl)cc1)C(=O)COc1ccc(Br)cc1. The first kappa shape index (κ1) is 23.8. The zero-order valence-corrected chi connectivity index (χ0v) is 20.0. The fourth-order valence-electron chi connectivity index (χ4n) is 3.27. The van der Waals surface area contributed by atoms with Crippen LogP contribution in [0.25, 0.3) is 0 Å². The van der Waals surface area contributed by atoms with Gasteiger partial charge < -0.3 is 15.0 Å². The Kier molecular flexibility index (Phi) is 8.71. The van der Waals surface area contributed by atoms with Crippen LogP contribution in [0.15, 0.2) is 83.3 Å². The molecule has 0 saturated heterocycles. The standard InChI is InChI=1S/C25H24BrClN2O3/c1-28-25(31)23(15-18-5-3-2-4-6-18)29(16-19-7-11-21(27)12-8-19)24(30)17-32-22-13-9-20(26)10-14-22/h2-14,23H,15-17H2,1H3,(H,28,31). The van der Waals surface area contributed by atoms with Crippen molar-refractivity contribution in [3.05, 3.63) is 99.5 Å². The number of hydrogen-bond donors (Lipinski definition) is 1. The number of likely N-dealkylation sites (N-methyl/N-ethyl adjacent to an activating group) is 1. The number of benzene rings is 3. The Hall–Kier alpha value is -2.83. The summed E-state index contributed by atoms with van der Waals surface area (Å²) in [5.41, 5.74) is 1.83. The van der Waals surface area contributed by atoms with Gasteiger partial charge >= 0.3 is 0 Å². The molecule has 2 amide bonds. The fraction of sp³-hybridized carbons (Fsp3) is 0.200. The molecule has 0 aliphatic heterocycles. The highest BCUT2D eigenvalue weighted by Crippen LogP contribution is 2.19. The molecule has 166 valence electrons. The van der Waals surface area contributed by atoms with Crippen molar-refractivity contribution in [2.75, 3.05) is 13.7 Å². The largest absolute Gasteiger partial charge is 0.484 e. The minimum Gasteiger partial charge on any atom is -0.484 e. The number of hydrogen-bond acceptors (Lipinski definition) is 3. The smallest absolute Gasteiger partial charge is 0.261 e. The van der Waals surface area contributed by atoms with E-state index < -0.39 is 6.04 Å². The molecule has 0 heterocycles. The summed E-state index contributed by atoms with van der Waals surface area (Å²) in [5.74, 6) is 0.0553. The maximum atomic E-state index is 13.3. The first-order valence-electron chi connectivity index (χ1n) is 10.1. The van der Waals surface area contributed by atoms with Crippen LogP contribution < -0.4 is 10.1 Å². The van der Waals surface area contributed by atoms with Crippen molar-refractivity contribution < 1.29 is 14.3 Å². The monoisotopic (exact) mass is 514 g/mol. The maximum Gasteiger partial charge on any atom is 0.261 e. The van der Waals surface area contributed by atoms with Crippen LogP contribution in [0, 0.1) is 0 Å². The molecule has 0 radical (unpaired) electrons. The zero-order valence-electron chi connectivity index (χ0n) is 17.6. The van der Waals surface area contributed by atoms with Gasteiger partial charge in [0.2, 0.25) is 5.91 Å². The molecular weight excluding hydrogens is 492 g/mol. The van der Waals surface area contributed by atoms with Crippen molar-refractivity contribution >= 4 is 39.3 Å². The fourth-order valence-corrected chi connectivity index (χ4v) is 3.66. The third kappa shape index (κ3) is 6.84. The van der Waals surface area contributed by atoms with Gasteiger partial charge in [0, 0.05) is 29.5 Å². The van der Waals surface area contributed by atoms with Gasteiger partial charge in [-0.2, -0.15) is 0 Å². The molecule has 3 aromatic carbocycles. The number of nitrogens with zero attached hydrogens (tertiary/aromatic N) is 1. The van der Waals surface area contributed by atoms with Crippen molar-refractivity contribution in [1.82, 2.24) is 10.2 Å². The molecule has 0 spiro atoms. The summed E-state index contributed by atoms with van der Waals surface area (Å²) >= 11 is 9.39. The third-order valence-corrected chi connectivity index (χ3v) is 5.74. The molecule has 3 rings (SSSR count). The molecule has 5 nitrogen and oxygen atoms in total. The quantitative estimate of drug-likeness (QED) is 0.442. The van der Waals surface area contributed by atoms with E-state index in [2.05, 4.69) is 21.2 Å². The Labute approximate surface area is 201 Å². The number of halogens is 2. The van der Waals surface area contributed by atoms with E-state index in [9.17, 15) is 9.59 Å². The van der Waals surface area contributed by atoms with Crippen molar-refractivity contribution in [2.45, 2.75) is 19.0 Å². The topological polar surface area (TPSA) is 58.6 Å². The van der Waals surface area contributed by atoms with Crippen LogP contribution in [0.5, 0.6) is 5.75 Å². The maximum absolute atomic E-state index is 13.3. The molecule has 0 aliphatic rings. The van der Waals surface area contributed by atoms with Crippen LogP contribution in [0.4, 0.5) is 0 Å².